The summed E-state index contributed by atoms with van der Waals surface area (Å²) in [6.07, 6.45) is 0.226. The van der Waals surface area contributed by atoms with Crippen LogP contribution in [0.25, 0.3) is 0 Å². The Labute approximate surface area is 191 Å². The van der Waals surface area contributed by atoms with Crippen molar-refractivity contribution in [1.82, 2.24) is 4.90 Å². The molecule has 1 fully saturated rings. The highest BCUT2D eigenvalue weighted by Crippen LogP contribution is 2.48. The summed E-state index contributed by atoms with van der Waals surface area (Å²) < 4.78 is 14.1. The lowest BCUT2D eigenvalue weighted by Crippen LogP contribution is -2.71. The van der Waals surface area contributed by atoms with Crippen molar-refractivity contribution in [3.8, 4) is 0 Å². The number of para-hydroxylation sites is 2. The standard InChI is InChI=1S/C26H24FN3O3/c27-19-11-5-6-12-20(19)28-26(33)29-15-22-25(18-10-4-7-13-21(18)29)23(16-31)30(22)24(32)14-17-8-2-1-3-9-17/h1-13,22-23,25,31H,14-16H2,(H,28,33)/t22-,23-,25+/m0/s1. The van der Waals surface area contributed by atoms with E-state index in [-0.39, 0.29) is 49.2 Å². The van der Waals surface area contributed by atoms with Crippen molar-refractivity contribution >= 4 is 23.3 Å². The fraction of sp³-hybridized carbons (Fsp3) is 0.231. The zero-order valence-corrected chi connectivity index (χ0v) is 17.9. The zero-order valence-electron chi connectivity index (χ0n) is 17.9. The van der Waals surface area contributed by atoms with Gasteiger partial charge in [0, 0.05) is 18.2 Å². The first-order chi connectivity index (χ1) is 16.1. The molecule has 168 valence electrons. The summed E-state index contributed by atoms with van der Waals surface area (Å²) in [4.78, 5) is 29.6. The van der Waals surface area contributed by atoms with Gasteiger partial charge < -0.3 is 15.3 Å². The highest BCUT2D eigenvalue weighted by atomic mass is 19.1. The van der Waals surface area contributed by atoms with Crippen LogP contribution in [0.5, 0.6) is 0 Å². The molecule has 3 atom stereocenters. The Morgan fingerprint density at radius 1 is 0.970 bits per heavy atom. The van der Waals surface area contributed by atoms with E-state index in [9.17, 15) is 19.1 Å². The van der Waals surface area contributed by atoms with E-state index in [1.165, 1.54) is 12.1 Å². The molecule has 2 aliphatic heterocycles. The Morgan fingerprint density at radius 3 is 2.42 bits per heavy atom. The topological polar surface area (TPSA) is 72.9 Å². The van der Waals surface area contributed by atoms with Crippen LogP contribution in [0.3, 0.4) is 0 Å². The second kappa shape index (κ2) is 8.67. The summed E-state index contributed by atoms with van der Waals surface area (Å²) in [5.41, 5.74) is 2.61. The van der Waals surface area contributed by atoms with E-state index in [0.29, 0.717) is 5.69 Å². The summed E-state index contributed by atoms with van der Waals surface area (Å²) in [5.74, 6) is -0.670. The first kappa shape index (κ1) is 21.2. The Hall–Kier alpha value is -3.71. The molecule has 0 aliphatic carbocycles. The van der Waals surface area contributed by atoms with Crippen LogP contribution >= 0.6 is 0 Å². The number of carbonyl (C=O) groups excluding carboxylic acids is 2. The van der Waals surface area contributed by atoms with Crippen molar-refractivity contribution in [2.45, 2.75) is 24.4 Å². The Balaban J connectivity index is 1.43. The summed E-state index contributed by atoms with van der Waals surface area (Å²) in [7, 11) is 0. The number of aliphatic hydroxyl groups is 1. The molecule has 0 aromatic heterocycles. The molecule has 6 nitrogen and oxygen atoms in total. The maximum Gasteiger partial charge on any atom is 0.326 e. The SMILES string of the molecule is O=C(Nc1ccccc1F)N1C[C@H]2[C@@H](c3ccccc31)[C@H](CO)N2C(=O)Cc1ccccc1. The lowest BCUT2D eigenvalue weighted by atomic mass is 9.71. The van der Waals surface area contributed by atoms with Gasteiger partial charge in [-0.05, 0) is 29.3 Å². The van der Waals surface area contributed by atoms with Crippen LogP contribution in [0.2, 0.25) is 0 Å². The predicted molar refractivity (Wildman–Crippen MR) is 124 cm³/mol. The van der Waals surface area contributed by atoms with E-state index in [1.54, 1.807) is 21.9 Å². The minimum atomic E-state index is -0.516. The lowest BCUT2D eigenvalue weighted by Gasteiger charge is -2.58. The third-order valence-electron chi connectivity index (χ3n) is 6.53. The van der Waals surface area contributed by atoms with Crippen molar-refractivity contribution in [2.24, 2.45) is 0 Å². The van der Waals surface area contributed by atoms with Crippen LogP contribution in [-0.2, 0) is 11.2 Å². The Morgan fingerprint density at radius 2 is 1.67 bits per heavy atom. The number of urea groups is 1. The number of rotatable bonds is 4. The number of halogens is 1. The molecule has 33 heavy (non-hydrogen) atoms. The van der Waals surface area contributed by atoms with Gasteiger partial charge in [0.2, 0.25) is 5.91 Å². The molecule has 0 radical (unpaired) electrons. The van der Waals surface area contributed by atoms with Gasteiger partial charge in [0.1, 0.15) is 5.82 Å². The third-order valence-corrected chi connectivity index (χ3v) is 6.53. The monoisotopic (exact) mass is 445 g/mol. The Kier molecular flexibility index (Phi) is 5.56. The fourth-order valence-electron chi connectivity index (χ4n) is 5.03. The van der Waals surface area contributed by atoms with Crippen LogP contribution in [-0.4, -0.2) is 47.2 Å². The molecule has 3 aromatic carbocycles. The van der Waals surface area contributed by atoms with Crippen molar-refractivity contribution in [1.29, 1.82) is 0 Å². The molecule has 5 rings (SSSR count). The molecule has 3 aromatic rings. The van der Waals surface area contributed by atoms with Gasteiger partial charge in [-0.3, -0.25) is 9.69 Å². The largest absolute Gasteiger partial charge is 0.394 e. The Bertz CT molecular complexity index is 1190. The zero-order chi connectivity index (χ0) is 22.9. The second-order valence-corrected chi connectivity index (χ2v) is 8.39. The van der Waals surface area contributed by atoms with E-state index < -0.39 is 11.8 Å². The number of fused-ring (bicyclic) bond motifs is 3. The molecule has 0 bridgehead atoms. The summed E-state index contributed by atoms with van der Waals surface area (Å²) >= 11 is 0. The maximum atomic E-state index is 14.1. The minimum absolute atomic E-state index is 0.0663. The van der Waals surface area contributed by atoms with Gasteiger partial charge in [-0.15, -0.1) is 0 Å². The number of benzene rings is 3. The van der Waals surface area contributed by atoms with E-state index in [0.717, 1.165) is 11.1 Å². The van der Waals surface area contributed by atoms with Crippen molar-refractivity contribution in [3.63, 3.8) is 0 Å². The van der Waals surface area contributed by atoms with Gasteiger partial charge in [0.25, 0.3) is 0 Å². The molecule has 0 spiro atoms. The summed E-state index contributed by atoms with van der Waals surface area (Å²) in [5, 5.41) is 12.8. The first-order valence-corrected chi connectivity index (χ1v) is 11.0. The molecule has 7 heteroatoms. The third kappa shape index (κ3) is 3.74. The lowest BCUT2D eigenvalue weighted by molar-refractivity contribution is -0.149. The molecule has 2 heterocycles. The number of aliphatic hydroxyl groups excluding tert-OH is 1. The average molecular weight is 445 g/mol. The van der Waals surface area contributed by atoms with E-state index >= 15 is 0 Å². The molecule has 3 amide bonds. The minimum Gasteiger partial charge on any atom is -0.394 e. The van der Waals surface area contributed by atoms with Crippen LogP contribution in [0.4, 0.5) is 20.6 Å². The molecule has 1 saturated heterocycles. The van der Waals surface area contributed by atoms with Gasteiger partial charge in [-0.1, -0.05) is 60.7 Å². The average Bonchev–Trinajstić information content (AvgIpc) is 2.81. The predicted octanol–water partition coefficient (Wildman–Crippen LogP) is 3.78. The summed E-state index contributed by atoms with van der Waals surface area (Å²) in [6, 6.07) is 21.9. The van der Waals surface area contributed by atoms with Gasteiger partial charge in [0.05, 0.1) is 30.8 Å². The first-order valence-electron chi connectivity index (χ1n) is 11.0. The number of anilines is 2. The van der Waals surface area contributed by atoms with Crippen LogP contribution in [0, 0.1) is 5.82 Å². The van der Waals surface area contributed by atoms with Gasteiger partial charge in [-0.2, -0.15) is 0 Å². The second-order valence-electron chi connectivity index (χ2n) is 8.39. The molecule has 0 saturated carbocycles. The van der Waals surface area contributed by atoms with Crippen molar-refractivity contribution < 1.29 is 19.1 Å². The van der Waals surface area contributed by atoms with Gasteiger partial charge in [0.15, 0.2) is 0 Å². The van der Waals surface area contributed by atoms with Crippen molar-refractivity contribution in [2.75, 3.05) is 23.4 Å². The van der Waals surface area contributed by atoms with Crippen molar-refractivity contribution in [3.05, 3.63) is 95.8 Å². The number of amides is 3. The highest BCUT2D eigenvalue weighted by molar-refractivity contribution is 6.03. The van der Waals surface area contributed by atoms with Gasteiger partial charge >= 0.3 is 6.03 Å². The number of hydrogen-bond acceptors (Lipinski definition) is 3. The van der Waals surface area contributed by atoms with Crippen LogP contribution in [0.1, 0.15) is 17.0 Å². The maximum absolute atomic E-state index is 14.1. The number of likely N-dealkylation sites (tertiary alicyclic amines) is 1. The molecule has 0 unspecified atom stereocenters. The number of hydrogen-bond donors (Lipinski definition) is 2. The summed E-state index contributed by atoms with van der Waals surface area (Å²) in [6.45, 7) is 0.108. The van der Waals surface area contributed by atoms with E-state index in [2.05, 4.69) is 5.32 Å². The van der Waals surface area contributed by atoms with Crippen LogP contribution < -0.4 is 10.2 Å². The number of nitrogens with zero attached hydrogens (tertiary/aromatic N) is 2. The van der Waals surface area contributed by atoms with Gasteiger partial charge in [-0.25, -0.2) is 9.18 Å². The molecule has 2 N–H and O–H groups in total. The molecule has 2 aliphatic rings. The molecular formula is C26H24FN3O3. The van der Waals surface area contributed by atoms with E-state index in [4.69, 9.17) is 0 Å². The number of nitrogens with one attached hydrogen (secondary N) is 1. The normalized spacial score (nSPS) is 21.0. The highest BCUT2D eigenvalue weighted by Gasteiger charge is 2.55. The fourth-order valence-corrected chi connectivity index (χ4v) is 5.03. The molecular weight excluding hydrogens is 421 g/mol. The quantitative estimate of drug-likeness (QED) is 0.642. The van der Waals surface area contributed by atoms with E-state index in [1.807, 2.05) is 54.6 Å². The number of carbonyl (C=O) groups is 2. The van der Waals surface area contributed by atoms with Crippen LogP contribution in [0.15, 0.2) is 78.9 Å². The smallest absolute Gasteiger partial charge is 0.326 e.